The minimum absolute atomic E-state index is 0.0485. The maximum atomic E-state index is 13.4. The lowest BCUT2D eigenvalue weighted by atomic mass is 9.98. The van der Waals surface area contributed by atoms with Gasteiger partial charge in [0.1, 0.15) is 5.75 Å². The summed E-state index contributed by atoms with van der Waals surface area (Å²) in [5, 5.41) is 6.56. The van der Waals surface area contributed by atoms with Crippen molar-refractivity contribution in [2.24, 2.45) is 5.73 Å². The SMILES string of the molecule is CCCN(CCC)C(=O)c1cccc(C(=O)N[C@@H](Cc2ccccc2)[C@@H](N)CNCc2cccc(OC)c2)c1. The van der Waals surface area contributed by atoms with Gasteiger partial charge >= 0.3 is 0 Å². The second-order valence-electron chi connectivity index (χ2n) is 9.79. The predicted octanol–water partition coefficient (Wildman–Crippen LogP) is 4.42. The highest BCUT2D eigenvalue weighted by Gasteiger charge is 2.22. The van der Waals surface area contributed by atoms with Crippen LogP contribution in [-0.2, 0) is 13.0 Å². The summed E-state index contributed by atoms with van der Waals surface area (Å²) in [4.78, 5) is 28.3. The van der Waals surface area contributed by atoms with Crippen molar-refractivity contribution in [3.8, 4) is 5.75 Å². The average molecular weight is 531 g/mol. The number of carbonyl (C=O) groups is 2. The second kappa shape index (κ2) is 15.7. The molecule has 7 heteroatoms. The van der Waals surface area contributed by atoms with Gasteiger partial charge in [-0.2, -0.15) is 0 Å². The Balaban J connectivity index is 1.71. The number of benzene rings is 3. The van der Waals surface area contributed by atoms with Gasteiger partial charge in [0, 0.05) is 49.4 Å². The molecular weight excluding hydrogens is 488 g/mol. The van der Waals surface area contributed by atoms with Crippen molar-refractivity contribution in [1.82, 2.24) is 15.5 Å². The third-order valence-corrected chi connectivity index (χ3v) is 6.62. The average Bonchev–Trinajstić information content (AvgIpc) is 2.97. The topological polar surface area (TPSA) is 96.7 Å². The number of nitrogens with zero attached hydrogens (tertiary/aromatic N) is 1. The normalized spacial score (nSPS) is 12.4. The first-order chi connectivity index (χ1) is 18.9. The molecule has 0 bridgehead atoms. The van der Waals surface area contributed by atoms with Crippen molar-refractivity contribution < 1.29 is 14.3 Å². The van der Waals surface area contributed by atoms with Crippen LogP contribution >= 0.6 is 0 Å². The number of carbonyl (C=O) groups excluding carboxylic acids is 2. The van der Waals surface area contributed by atoms with E-state index in [0.29, 0.717) is 43.7 Å². The van der Waals surface area contributed by atoms with Crippen LogP contribution in [0.5, 0.6) is 5.75 Å². The van der Waals surface area contributed by atoms with Crippen LogP contribution in [0.15, 0.2) is 78.9 Å². The van der Waals surface area contributed by atoms with Crippen LogP contribution in [0.1, 0.15) is 58.5 Å². The molecule has 3 rings (SSSR count). The van der Waals surface area contributed by atoms with Gasteiger partial charge < -0.3 is 26.0 Å². The van der Waals surface area contributed by atoms with E-state index in [9.17, 15) is 9.59 Å². The standard InChI is InChI=1S/C32H42N4O3/c1-4-17-36(18-5-2)32(38)27-15-10-14-26(21-27)31(37)35-30(20-24-11-7-6-8-12-24)29(33)23-34-22-25-13-9-16-28(19-25)39-3/h6-16,19,21,29-30,34H,4-5,17-18,20,22-23,33H2,1-3H3,(H,35,37)/t29-,30-/m0/s1. The Hall–Kier alpha value is -3.68. The van der Waals surface area contributed by atoms with Gasteiger partial charge in [0.25, 0.3) is 11.8 Å². The highest BCUT2D eigenvalue weighted by Crippen LogP contribution is 2.14. The highest BCUT2D eigenvalue weighted by molar-refractivity contribution is 5.99. The first-order valence-corrected chi connectivity index (χ1v) is 13.8. The van der Waals surface area contributed by atoms with Gasteiger partial charge in [-0.25, -0.2) is 0 Å². The highest BCUT2D eigenvalue weighted by atomic mass is 16.5. The number of hydrogen-bond donors (Lipinski definition) is 3. The smallest absolute Gasteiger partial charge is 0.253 e. The number of amides is 2. The minimum atomic E-state index is -0.339. The molecule has 3 aromatic rings. The molecule has 0 saturated carbocycles. The first kappa shape index (κ1) is 29.9. The molecule has 7 nitrogen and oxygen atoms in total. The minimum Gasteiger partial charge on any atom is -0.497 e. The molecule has 0 aliphatic rings. The van der Waals surface area contributed by atoms with Crippen LogP contribution in [0.25, 0.3) is 0 Å². The lowest BCUT2D eigenvalue weighted by Crippen LogP contribution is -2.53. The van der Waals surface area contributed by atoms with Crippen molar-refractivity contribution in [2.45, 2.75) is 51.7 Å². The van der Waals surface area contributed by atoms with Crippen LogP contribution in [0.4, 0.5) is 0 Å². The Bertz CT molecular complexity index is 1180. The van der Waals surface area contributed by atoms with Gasteiger partial charge in [-0.3, -0.25) is 9.59 Å². The van der Waals surface area contributed by atoms with Crippen LogP contribution in [-0.4, -0.2) is 55.5 Å². The van der Waals surface area contributed by atoms with E-state index in [4.69, 9.17) is 10.5 Å². The summed E-state index contributed by atoms with van der Waals surface area (Å²) in [5.74, 6) is 0.514. The maximum Gasteiger partial charge on any atom is 0.253 e. The van der Waals surface area contributed by atoms with E-state index in [0.717, 1.165) is 29.7 Å². The molecule has 0 aliphatic heterocycles. The number of methoxy groups -OCH3 is 1. The predicted molar refractivity (Wildman–Crippen MR) is 157 cm³/mol. The van der Waals surface area contributed by atoms with Gasteiger partial charge in [0.15, 0.2) is 0 Å². The van der Waals surface area contributed by atoms with Gasteiger partial charge in [-0.15, -0.1) is 0 Å². The molecular formula is C32H42N4O3. The molecule has 0 aromatic heterocycles. The van der Waals surface area contributed by atoms with E-state index in [1.165, 1.54) is 0 Å². The molecule has 208 valence electrons. The second-order valence-corrected chi connectivity index (χ2v) is 9.79. The van der Waals surface area contributed by atoms with Crippen molar-refractivity contribution in [1.29, 1.82) is 0 Å². The summed E-state index contributed by atoms with van der Waals surface area (Å²) in [6.45, 7) is 6.65. The third kappa shape index (κ3) is 9.23. The summed E-state index contributed by atoms with van der Waals surface area (Å²) in [6.07, 6.45) is 2.36. The van der Waals surface area contributed by atoms with Crippen molar-refractivity contribution in [2.75, 3.05) is 26.7 Å². The Morgan fingerprint density at radius 2 is 1.54 bits per heavy atom. The van der Waals surface area contributed by atoms with E-state index in [1.54, 1.807) is 31.4 Å². The lowest BCUT2D eigenvalue weighted by Gasteiger charge is -2.26. The Labute approximate surface area is 232 Å². The summed E-state index contributed by atoms with van der Waals surface area (Å²) >= 11 is 0. The largest absolute Gasteiger partial charge is 0.497 e. The van der Waals surface area contributed by atoms with E-state index < -0.39 is 0 Å². The number of nitrogens with one attached hydrogen (secondary N) is 2. The molecule has 3 aromatic carbocycles. The first-order valence-electron chi connectivity index (χ1n) is 13.8. The van der Waals surface area contributed by atoms with Gasteiger partial charge in [-0.1, -0.05) is 62.4 Å². The van der Waals surface area contributed by atoms with E-state index >= 15 is 0 Å². The fourth-order valence-electron chi connectivity index (χ4n) is 4.57. The zero-order valence-electron chi connectivity index (χ0n) is 23.4. The van der Waals surface area contributed by atoms with E-state index in [-0.39, 0.29) is 23.9 Å². The Morgan fingerprint density at radius 3 is 2.23 bits per heavy atom. The molecule has 0 heterocycles. The fourth-order valence-corrected chi connectivity index (χ4v) is 4.57. The molecule has 0 spiro atoms. The molecule has 0 saturated heterocycles. The molecule has 0 radical (unpaired) electrons. The van der Waals surface area contributed by atoms with E-state index in [1.807, 2.05) is 59.5 Å². The van der Waals surface area contributed by atoms with Crippen molar-refractivity contribution >= 4 is 11.8 Å². The molecule has 0 fully saturated rings. The number of hydrogen-bond acceptors (Lipinski definition) is 5. The number of ether oxygens (including phenoxy) is 1. The van der Waals surface area contributed by atoms with Crippen LogP contribution < -0.4 is 21.1 Å². The Morgan fingerprint density at radius 1 is 0.872 bits per heavy atom. The maximum absolute atomic E-state index is 13.4. The summed E-state index contributed by atoms with van der Waals surface area (Å²) in [5.41, 5.74) is 9.78. The third-order valence-electron chi connectivity index (χ3n) is 6.62. The van der Waals surface area contributed by atoms with Crippen LogP contribution in [0.3, 0.4) is 0 Å². The monoisotopic (exact) mass is 530 g/mol. The zero-order valence-corrected chi connectivity index (χ0v) is 23.4. The Kier molecular flexibility index (Phi) is 12.0. The molecule has 4 N–H and O–H groups in total. The molecule has 2 amide bonds. The number of nitrogens with two attached hydrogens (primary N) is 1. The lowest BCUT2D eigenvalue weighted by molar-refractivity contribution is 0.0755. The van der Waals surface area contributed by atoms with Crippen molar-refractivity contribution in [3.05, 3.63) is 101 Å². The molecule has 0 unspecified atom stereocenters. The van der Waals surface area contributed by atoms with Gasteiger partial charge in [0.05, 0.1) is 7.11 Å². The van der Waals surface area contributed by atoms with E-state index in [2.05, 4.69) is 24.5 Å². The van der Waals surface area contributed by atoms with Crippen LogP contribution in [0, 0.1) is 0 Å². The molecule has 39 heavy (non-hydrogen) atoms. The van der Waals surface area contributed by atoms with Crippen molar-refractivity contribution in [3.63, 3.8) is 0 Å². The summed E-state index contributed by atoms with van der Waals surface area (Å²) < 4.78 is 5.31. The summed E-state index contributed by atoms with van der Waals surface area (Å²) in [6, 6.07) is 24.2. The molecule has 0 aliphatic carbocycles. The summed E-state index contributed by atoms with van der Waals surface area (Å²) in [7, 11) is 1.65. The zero-order chi connectivity index (χ0) is 28.0. The fraction of sp³-hybridized carbons (Fsp3) is 0.375. The van der Waals surface area contributed by atoms with Crippen LogP contribution in [0.2, 0.25) is 0 Å². The number of rotatable bonds is 15. The van der Waals surface area contributed by atoms with Gasteiger partial charge in [0.2, 0.25) is 0 Å². The van der Waals surface area contributed by atoms with Gasteiger partial charge in [-0.05, 0) is 60.7 Å². The molecule has 2 atom stereocenters. The quantitative estimate of drug-likeness (QED) is 0.270.